The number of allylic oxidation sites excluding steroid dienone is 1. The van der Waals surface area contributed by atoms with Crippen LogP contribution in [-0.4, -0.2) is 31.6 Å². The highest BCUT2D eigenvalue weighted by Crippen LogP contribution is 2.31. The molecule has 0 fully saturated rings. The summed E-state index contributed by atoms with van der Waals surface area (Å²) in [5.41, 5.74) is 2.75. The normalized spacial score (nSPS) is 11.4. The van der Waals surface area contributed by atoms with Crippen molar-refractivity contribution in [2.75, 3.05) is 20.8 Å². The maximum atomic E-state index is 13.6. The molecule has 0 unspecified atom stereocenters. The molecule has 0 atom stereocenters. The van der Waals surface area contributed by atoms with E-state index in [1.165, 1.54) is 0 Å². The molecule has 1 aromatic heterocycles. The highest BCUT2D eigenvalue weighted by molar-refractivity contribution is 6.31. The lowest BCUT2D eigenvalue weighted by Gasteiger charge is -2.10. The van der Waals surface area contributed by atoms with E-state index in [9.17, 15) is 4.79 Å². The van der Waals surface area contributed by atoms with Gasteiger partial charge in [0.15, 0.2) is 11.4 Å². The zero-order valence-corrected chi connectivity index (χ0v) is 18.8. The predicted octanol–water partition coefficient (Wildman–Crippen LogP) is 6.06. The van der Waals surface area contributed by atoms with Gasteiger partial charge in [0.2, 0.25) is 5.89 Å². The Morgan fingerprint density at radius 3 is 2.42 bits per heavy atom. The van der Waals surface area contributed by atoms with E-state index in [2.05, 4.69) is 4.98 Å². The molecular formula is C27H25NO5. The molecule has 4 rings (SSSR count). The Morgan fingerprint density at radius 2 is 1.73 bits per heavy atom. The second kappa shape index (κ2) is 10.0. The third-order valence-electron chi connectivity index (χ3n) is 5.09. The number of hydrogen-bond donors (Lipinski definition) is 0. The molecule has 3 aromatic carbocycles. The summed E-state index contributed by atoms with van der Waals surface area (Å²) >= 11 is 0. The van der Waals surface area contributed by atoms with Crippen molar-refractivity contribution in [3.8, 4) is 17.2 Å². The third kappa shape index (κ3) is 4.90. The summed E-state index contributed by atoms with van der Waals surface area (Å²) in [4.78, 5) is 18.2. The minimum absolute atomic E-state index is 0.228. The molecule has 6 nitrogen and oxygen atoms in total. The van der Waals surface area contributed by atoms with E-state index in [0.29, 0.717) is 45.9 Å². The van der Waals surface area contributed by atoms with Crippen LogP contribution in [0.1, 0.15) is 35.2 Å². The van der Waals surface area contributed by atoms with E-state index in [-0.39, 0.29) is 11.7 Å². The Morgan fingerprint density at radius 1 is 0.970 bits per heavy atom. The lowest BCUT2D eigenvalue weighted by Crippen LogP contribution is -2.04. The van der Waals surface area contributed by atoms with E-state index in [1.54, 1.807) is 62.8 Å². The average molecular weight is 443 g/mol. The van der Waals surface area contributed by atoms with Crippen LogP contribution in [-0.2, 0) is 0 Å². The fraction of sp³-hybridized carbons (Fsp3) is 0.185. The van der Waals surface area contributed by atoms with Crippen LogP contribution in [0.25, 0.3) is 22.7 Å². The molecule has 0 spiro atoms. The van der Waals surface area contributed by atoms with E-state index in [0.717, 1.165) is 12.2 Å². The van der Waals surface area contributed by atoms with Gasteiger partial charge in [0.25, 0.3) is 0 Å². The molecule has 168 valence electrons. The number of oxazole rings is 1. The summed E-state index contributed by atoms with van der Waals surface area (Å²) in [6, 6.07) is 19.9. The molecular weight excluding hydrogens is 418 g/mol. The summed E-state index contributed by atoms with van der Waals surface area (Å²) in [6.07, 6.45) is 2.63. The van der Waals surface area contributed by atoms with Crippen LogP contribution >= 0.6 is 0 Å². The third-order valence-corrected chi connectivity index (χ3v) is 5.09. The molecule has 0 aliphatic rings. The van der Waals surface area contributed by atoms with Crippen LogP contribution in [0.4, 0.5) is 0 Å². The van der Waals surface area contributed by atoms with Crippen molar-refractivity contribution in [1.82, 2.24) is 4.98 Å². The number of carbonyl (C=O) groups excluding carboxylic acids is 1. The number of rotatable bonds is 9. The highest BCUT2D eigenvalue weighted by atomic mass is 16.5. The minimum Gasteiger partial charge on any atom is -0.497 e. The number of ether oxygens (including phenoxy) is 3. The topological polar surface area (TPSA) is 70.8 Å². The molecule has 4 aromatic rings. The Balaban J connectivity index is 1.81. The molecule has 33 heavy (non-hydrogen) atoms. The van der Waals surface area contributed by atoms with Gasteiger partial charge in [-0.15, -0.1) is 0 Å². The van der Waals surface area contributed by atoms with Crippen LogP contribution in [0.3, 0.4) is 0 Å². The van der Waals surface area contributed by atoms with Crippen molar-refractivity contribution >= 4 is 28.5 Å². The lowest BCUT2D eigenvalue weighted by molar-refractivity contribution is 0.105. The zero-order valence-electron chi connectivity index (χ0n) is 18.8. The summed E-state index contributed by atoms with van der Waals surface area (Å²) in [7, 11) is 3.17. The van der Waals surface area contributed by atoms with Crippen molar-refractivity contribution in [2.24, 2.45) is 0 Å². The molecule has 0 bridgehead atoms. The van der Waals surface area contributed by atoms with Gasteiger partial charge in [-0.25, -0.2) is 4.98 Å². The first-order chi connectivity index (χ1) is 16.1. The van der Waals surface area contributed by atoms with Gasteiger partial charge in [-0.3, -0.25) is 4.79 Å². The first-order valence-electron chi connectivity index (χ1n) is 10.7. The summed E-state index contributed by atoms with van der Waals surface area (Å²) in [5.74, 6) is 1.96. The Hall–Kier alpha value is -4.06. The number of methoxy groups -OCH3 is 2. The van der Waals surface area contributed by atoms with Gasteiger partial charge in [0, 0.05) is 11.1 Å². The van der Waals surface area contributed by atoms with Crippen LogP contribution in [0.15, 0.2) is 71.1 Å². The Bertz CT molecular complexity index is 1250. The Kier molecular flexibility index (Phi) is 6.74. The first-order valence-corrected chi connectivity index (χ1v) is 10.7. The molecule has 0 saturated heterocycles. The number of ketones is 1. The first kappa shape index (κ1) is 22.1. The van der Waals surface area contributed by atoms with Gasteiger partial charge in [0.05, 0.1) is 26.4 Å². The number of carbonyl (C=O) groups is 1. The van der Waals surface area contributed by atoms with Crippen LogP contribution < -0.4 is 14.2 Å². The summed E-state index contributed by atoms with van der Waals surface area (Å²) in [5, 5.41) is 0. The number of fused-ring (bicyclic) bond motifs is 1. The molecule has 0 N–H and O–H groups in total. The molecule has 0 saturated carbocycles. The van der Waals surface area contributed by atoms with Crippen molar-refractivity contribution in [2.45, 2.75) is 13.3 Å². The molecule has 1 heterocycles. The zero-order chi connectivity index (χ0) is 23.2. The van der Waals surface area contributed by atoms with E-state index < -0.39 is 0 Å². The number of nitrogens with zero attached hydrogens (tertiary/aromatic N) is 1. The fourth-order valence-electron chi connectivity index (χ4n) is 3.40. The van der Waals surface area contributed by atoms with Crippen molar-refractivity contribution in [3.63, 3.8) is 0 Å². The monoisotopic (exact) mass is 443 g/mol. The number of para-hydroxylation sites is 2. The molecule has 0 amide bonds. The summed E-state index contributed by atoms with van der Waals surface area (Å²) in [6.45, 7) is 2.67. The van der Waals surface area contributed by atoms with Crippen molar-refractivity contribution in [3.05, 3.63) is 83.7 Å². The second-order valence-corrected chi connectivity index (χ2v) is 7.35. The molecule has 0 aliphatic carbocycles. The van der Waals surface area contributed by atoms with Gasteiger partial charge in [-0.1, -0.05) is 19.1 Å². The van der Waals surface area contributed by atoms with Gasteiger partial charge in [-0.05, 0) is 67.1 Å². The second-order valence-electron chi connectivity index (χ2n) is 7.35. The van der Waals surface area contributed by atoms with Gasteiger partial charge < -0.3 is 18.6 Å². The largest absolute Gasteiger partial charge is 0.497 e. The molecule has 6 heteroatoms. The predicted molar refractivity (Wildman–Crippen MR) is 128 cm³/mol. The minimum atomic E-state index is -0.228. The molecule has 0 radical (unpaired) electrons. The van der Waals surface area contributed by atoms with E-state index in [4.69, 9.17) is 18.6 Å². The van der Waals surface area contributed by atoms with Crippen LogP contribution in [0, 0.1) is 0 Å². The Labute approximate surface area is 192 Å². The SMILES string of the molecule is CCCOc1ccc(C(=O)/C(=C\c2cc(OC)ccc2OC)c2nc3ccccc3o2)cc1. The quantitative estimate of drug-likeness (QED) is 0.231. The standard InChI is InChI=1S/C27H25NO5/c1-4-15-32-20-11-9-18(10-12-20)26(29)22(27-28-23-7-5-6-8-25(23)33-27)17-19-16-21(30-2)13-14-24(19)31-3/h5-14,16-17H,4,15H2,1-3H3/b22-17+. The number of aromatic nitrogens is 1. The van der Waals surface area contributed by atoms with E-state index in [1.807, 2.05) is 31.2 Å². The van der Waals surface area contributed by atoms with E-state index >= 15 is 0 Å². The highest BCUT2D eigenvalue weighted by Gasteiger charge is 2.21. The average Bonchev–Trinajstić information content (AvgIpc) is 3.29. The van der Waals surface area contributed by atoms with Crippen LogP contribution in [0.2, 0.25) is 0 Å². The fourth-order valence-corrected chi connectivity index (χ4v) is 3.40. The smallest absolute Gasteiger partial charge is 0.231 e. The summed E-state index contributed by atoms with van der Waals surface area (Å²) < 4.78 is 22.5. The van der Waals surface area contributed by atoms with Gasteiger partial charge in [-0.2, -0.15) is 0 Å². The molecule has 0 aliphatic heterocycles. The van der Waals surface area contributed by atoms with Crippen LogP contribution in [0.5, 0.6) is 17.2 Å². The lowest BCUT2D eigenvalue weighted by atomic mass is 10.00. The maximum absolute atomic E-state index is 13.6. The van der Waals surface area contributed by atoms with Crippen molar-refractivity contribution < 1.29 is 23.4 Å². The van der Waals surface area contributed by atoms with Gasteiger partial charge >= 0.3 is 0 Å². The van der Waals surface area contributed by atoms with Crippen molar-refractivity contribution in [1.29, 1.82) is 0 Å². The number of Topliss-reactive ketones (excluding diaryl/α,β-unsaturated/α-hetero) is 1. The maximum Gasteiger partial charge on any atom is 0.231 e. The number of hydrogen-bond acceptors (Lipinski definition) is 6. The van der Waals surface area contributed by atoms with Gasteiger partial charge in [0.1, 0.15) is 22.8 Å². The number of benzene rings is 3.